The second-order valence-corrected chi connectivity index (χ2v) is 5.57. The van der Waals surface area contributed by atoms with Gasteiger partial charge in [-0.2, -0.15) is 0 Å². The first-order chi connectivity index (χ1) is 10.5. The third kappa shape index (κ3) is 2.84. The third-order valence-electron chi connectivity index (χ3n) is 3.15. The lowest BCUT2D eigenvalue weighted by Gasteiger charge is -2.10. The molecule has 0 saturated carbocycles. The highest BCUT2D eigenvalue weighted by Crippen LogP contribution is 2.30. The van der Waals surface area contributed by atoms with Gasteiger partial charge in [0.2, 0.25) is 0 Å². The molecule has 0 spiro atoms. The summed E-state index contributed by atoms with van der Waals surface area (Å²) in [5.74, 6) is -0.0965. The van der Waals surface area contributed by atoms with Crippen LogP contribution >= 0.6 is 23.2 Å². The second-order valence-electron chi connectivity index (χ2n) is 4.70. The summed E-state index contributed by atoms with van der Waals surface area (Å²) < 4.78 is 0. The molecule has 3 N–H and O–H groups in total. The maximum atomic E-state index is 11.8. The summed E-state index contributed by atoms with van der Waals surface area (Å²) in [6, 6.07) is 14.3. The molecule has 0 atom stereocenters. The van der Waals surface area contributed by atoms with Crippen molar-refractivity contribution in [2.24, 2.45) is 0 Å². The Morgan fingerprint density at radius 2 is 1.55 bits per heavy atom. The molecule has 110 valence electrons. The topological polar surface area (TPSA) is 71.8 Å². The molecule has 0 aliphatic heterocycles. The first kappa shape index (κ1) is 14.6. The van der Waals surface area contributed by atoms with Gasteiger partial charge in [0.15, 0.2) is 5.82 Å². The van der Waals surface area contributed by atoms with Gasteiger partial charge in [-0.05, 0) is 24.3 Å². The molecule has 0 radical (unpaired) electrons. The molecule has 0 saturated heterocycles. The van der Waals surface area contributed by atoms with Gasteiger partial charge >= 0.3 is 0 Å². The number of halogens is 2. The SMILES string of the molecule is Nc1nc(-c2cccc(Cl)c2)c(-c2cccc(Cl)c2)[nH]c1=O. The number of H-pyrrole nitrogens is 1. The monoisotopic (exact) mass is 331 g/mol. The van der Waals surface area contributed by atoms with E-state index < -0.39 is 5.56 Å². The van der Waals surface area contributed by atoms with Gasteiger partial charge in [-0.1, -0.05) is 47.5 Å². The minimum atomic E-state index is -0.444. The second kappa shape index (κ2) is 5.83. The molecular formula is C16H11Cl2N3O. The molecule has 0 aliphatic carbocycles. The average molecular weight is 332 g/mol. The number of aromatic amines is 1. The molecule has 0 unspecified atom stereocenters. The van der Waals surface area contributed by atoms with Crippen LogP contribution in [0.4, 0.5) is 5.82 Å². The van der Waals surface area contributed by atoms with E-state index >= 15 is 0 Å². The number of hydrogen-bond acceptors (Lipinski definition) is 3. The summed E-state index contributed by atoms with van der Waals surface area (Å²) in [7, 11) is 0. The molecule has 0 amide bonds. The Balaban J connectivity index is 2.30. The van der Waals surface area contributed by atoms with Crippen LogP contribution in [0.25, 0.3) is 22.5 Å². The predicted molar refractivity (Wildman–Crippen MR) is 90.2 cm³/mol. The summed E-state index contributed by atoms with van der Waals surface area (Å²) in [5.41, 5.74) is 7.80. The van der Waals surface area contributed by atoms with Gasteiger partial charge in [0.05, 0.1) is 11.4 Å². The summed E-state index contributed by atoms with van der Waals surface area (Å²) in [4.78, 5) is 18.8. The number of nitrogen functional groups attached to an aromatic ring is 1. The largest absolute Gasteiger partial charge is 0.379 e. The highest BCUT2D eigenvalue weighted by Gasteiger charge is 2.13. The molecule has 22 heavy (non-hydrogen) atoms. The van der Waals surface area contributed by atoms with E-state index in [9.17, 15) is 4.79 Å². The van der Waals surface area contributed by atoms with Crippen molar-refractivity contribution in [2.75, 3.05) is 5.73 Å². The van der Waals surface area contributed by atoms with Crippen molar-refractivity contribution in [1.82, 2.24) is 9.97 Å². The van der Waals surface area contributed by atoms with Crippen LogP contribution in [0, 0.1) is 0 Å². The van der Waals surface area contributed by atoms with Crippen LogP contribution in [0.1, 0.15) is 0 Å². The fourth-order valence-electron chi connectivity index (χ4n) is 2.16. The van der Waals surface area contributed by atoms with E-state index in [0.29, 0.717) is 21.4 Å². The van der Waals surface area contributed by atoms with Gasteiger partial charge in [-0.3, -0.25) is 4.79 Å². The molecule has 6 heteroatoms. The summed E-state index contributed by atoms with van der Waals surface area (Å²) in [6.07, 6.45) is 0. The minimum Gasteiger partial charge on any atom is -0.379 e. The molecular weight excluding hydrogens is 321 g/mol. The quantitative estimate of drug-likeness (QED) is 0.745. The van der Waals surface area contributed by atoms with Gasteiger partial charge < -0.3 is 10.7 Å². The van der Waals surface area contributed by atoms with Crippen LogP contribution < -0.4 is 11.3 Å². The van der Waals surface area contributed by atoms with Crippen molar-refractivity contribution in [1.29, 1.82) is 0 Å². The van der Waals surface area contributed by atoms with Crippen LogP contribution in [0.5, 0.6) is 0 Å². The smallest absolute Gasteiger partial charge is 0.290 e. The lowest BCUT2D eigenvalue weighted by atomic mass is 10.0. The van der Waals surface area contributed by atoms with Gasteiger partial charge in [0.1, 0.15) is 0 Å². The minimum absolute atomic E-state index is 0.0965. The van der Waals surface area contributed by atoms with E-state index in [1.807, 2.05) is 18.2 Å². The zero-order valence-electron chi connectivity index (χ0n) is 11.3. The van der Waals surface area contributed by atoms with Gasteiger partial charge in [-0.25, -0.2) is 4.98 Å². The summed E-state index contributed by atoms with van der Waals surface area (Å²) in [5, 5.41) is 1.13. The van der Waals surface area contributed by atoms with Crippen LogP contribution in [-0.2, 0) is 0 Å². The van der Waals surface area contributed by atoms with E-state index in [0.717, 1.165) is 11.1 Å². The lowest BCUT2D eigenvalue weighted by Crippen LogP contribution is -2.16. The molecule has 4 nitrogen and oxygen atoms in total. The lowest BCUT2D eigenvalue weighted by molar-refractivity contribution is 1.16. The Labute approximate surface area is 136 Å². The Morgan fingerprint density at radius 1 is 0.955 bits per heavy atom. The van der Waals surface area contributed by atoms with E-state index in [1.54, 1.807) is 30.3 Å². The number of aromatic nitrogens is 2. The Kier molecular flexibility index (Phi) is 3.88. The molecule has 2 aromatic carbocycles. The van der Waals surface area contributed by atoms with Gasteiger partial charge in [0.25, 0.3) is 5.56 Å². The summed E-state index contributed by atoms with van der Waals surface area (Å²) in [6.45, 7) is 0. The standard InChI is InChI=1S/C16H11Cl2N3O/c17-11-5-1-3-9(7-11)13-14(21-16(22)15(19)20-13)10-4-2-6-12(18)8-10/h1-8H,(H2,19,20)(H,21,22). The third-order valence-corrected chi connectivity index (χ3v) is 3.62. The van der Waals surface area contributed by atoms with Crippen LogP contribution in [0.3, 0.4) is 0 Å². The highest BCUT2D eigenvalue weighted by atomic mass is 35.5. The maximum Gasteiger partial charge on any atom is 0.290 e. The van der Waals surface area contributed by atoms with Crippen LogP contribution in [-0.4, -0.2) is 9.97 Å². The highest BCUT2D eigenvalue weighted by molar-refractivity contribution is 6.31. The fraction of sp³-hybridized carbons (Fsp3) is 0. The Hall–Kier alpha value is -2.30. The van der Waals surface area contributed by atoms with Crippen molar-refractivity contribution in [3.05, 3.63) is 68.9 Å². The Morgan fingerprint density at radius 3 is 2.18 bits per heavy atom. The molecule has 0 aliphatic rings. The number of hydrogen-bond donors (Lipinski definition) is 2. The molecule has 0 fully saturated rings. The van der Waals surface area contributed by atoms with Gasteiger partial charge in [0, 0.05) is 21.2 Å². The average Bonchev–Trinajstić information content (AvgIpc) is 2.49. The van der Waals surface area contributed by atoms with Crippen LogP contribution in [0.2, 0.25) is 10.0 Å². The molecule has 3 aromatic rings. The van der Waals surface area contributed by atoms with Crippen molar-refractivity contribution in [3.8, 4) is 22.5 Å². The first-order valence-electron chi connectivity index (χ1n) is 6.46. The van der Waals surface area contributed by atoms with Crippen molar-refractivity contribution in [2.45, 2.75) is 0 Å². The molecule has 3 rings (SSSR count). The number of benzene rings is 2. The number of nitrogens with one attached hydrogen (secondary N) is 1. The van der Waals surface area contributed by atoms with E-state index in [4.69, 9.17) is 28.9 Å². The molecule has 1 aromatic heterocycles. The zero-order chi connectivity index (χ0) is 15.7. The zero-order valence-corrected chi connectivity index (χ0v) is 12.8. The van der Waals surface area contributed by atoms with Crippen molar-refractivity contribution >= 4 is 29.0 Å². The number of rotatable bonds is 2. The molecule has 1 heterocycles. The summed E-state index contributed by atoms with van der Waals surface area (Å²) >= 11 is 12.1. The number of anilines is 1. The van der Waals surface area contributed by atoms with Crippen LogP contribution in [0.15, 0.2) is 53.3 Å². The van der Waals surface area contributed by atoms with Crippen molar-refractivity contribution in [3.63, 3.8) is 0 Å². The maximum absolute atomic E-state index is 11.8. The number of nitrogens with two attached hydrogens (primary N) is 1. The first-order valence-corrected chi connectivity index (χ1v) is 7.22. The normalized spacial score (nSPS) is 10.6. The van der Waals surface area contributed by atoms with E-state index in [2.05, 4.69) is 9.97 Å². The number of nitrogens with zero attached hydrogens (tertiary/aromatic N) is 1. The molecule has 0 bridgehead atoms. The predicted octanol–water partition coefficient (Wildman–Crippen LogP) is 3.99. The Bertz CT molecular complexity index is 906. The van der Waals surface area contributed by atoms with Crippen molar-refractivity contribution < 1.29 is 0 Å². The van der Waals surface area contributed by atoms with E-state index in [1.165, 1.54) is 0 Å². The van der Waals surface area contributed by atoms with Gasteiger partial charge in [-0.15, -0.1) is 0 Å². The fourth-order valence-corrected chi connectivity index (χ4v) is 2.54. The van der Waals surface area contributed by atoms with E-state index in [-0.39, 0.29) is 5.82 Å².